The molecule has 164 valence electrons. The van der Waals surface area contributed by atoms with Crippen molar-refractivity contribution < 1.29 is 18.7 Å². The van der Waals surface area contributed by atoms with Gasteiger partial charge in [-0.1, -0.05) is 35.6 Å². The minimum atomic E-state index is -0.760. The highest BCUT2D eigenvalue weighted by Gasteiger charge is 2.33. The molecule has 8 heteroatoms. The maximum Gasteiger partial charge on any atom is 0.338 e. The number of rotatable bonds is 5. The van der Waals surface area contributed by atoms with E-state index in [9.17, 15) is 14.0 Å². The molecular weight excluding hydrogens is 431 g/mol. The van der Waals surface area contributed by atoms with Gasteiger partial charge in [0.1, 0.15) is 11.6 Å². The van der Waals surface area contributed by atoms with Gasteiger partial charge in [-0.2, -0.15) is 0 Å². The van der Waals surface area contributed by atoms with Gasteiger partial charge in [0.05, 0.1) is 35.6 Å². The van der Waals surface area contributed by atoms with Crippen LogP contribution in [0.5, 0.6) is 5.75 Å². The van der Waals surface area contributed by atoms with E-state index in [0.717, 1.165) is 11.3 Å². The molecule has 2 heterocycles. The zero-order valence-corrected chi connectivity index (χ0v) is 18.6. The Hall–Kier alpha value is -3.52. The number of halogens is 1. The maximum atomic E-state index is 13.6. The summed E-state index contributed by atoms with van der Waals surface area (Å²) in [4.78, 5) is 31.2. The van der Waals surface area contributed by atoms with Crippen LogP contribution in [-0.4, -0.2) is 24.3 Å². The van der Waals surface area contributed by atoms with Crippen LogP contribution in [-0.2, 0) is 9.53 Å². The van der Waals surface area contributed by atoms with Gasteiger partial charge < -0.3 is 9.47 Å². The van der Waals surface area contributed by atoms with Crippen molar-refractivity contribution in [2.24, 2.45) is 4.99 Å². The second-order valence-electron chi connectivity index (χ2n) is 7.13. The summed E-state index contributed by atoms with van der Waals surface area (Å²) in [6.45, 7) is 3.61. The van der Waals surface area contributed by atoms with Crippen molar-refractivity contribution in [1.29, 1.82) is 0 Å². The van der Waals surface area contributed by atoms with Crippen LogP contribution in [0.2, 0.25) is 0 Å². The number of benzene rings is 2. The van der Waals surface area contributed by atoms with Gasteiger partial charge in [0, 0.05) is 0 Å². The van der Waals surface area contributed by atoms with E-state index in [1.165, 1.54) is 28.0 Å². The minimum absolute atomic E-state index is 0.188. The molecule has 4 rings (SSSR count). The molecule has 0 fully saturated rings. The third kappa shape index (κ3) is 4.01. The Bertz CT molecular complexity index is 1370. The highest BCUT2D eigenvalue weighted by molar-refractivity contribution is 7.07. The Kier molecular flexibility index (Phi) is 6.05. The van der Waals surface area contributed by atoms with Gasteiger partial charge in [-0.3, -0.25) is 9.36 Å². The van der Waals surface area contributed by atoms with Crippen LogP contribution in [0.3, 0.4) is 0 Å². The molecule has 2 aromatic carbocycles. The molecule has 0 amide bonds. The van der Waals surface area contributed by atoms with Gasteiger partial charge in [0.25, 0.3) is 5.56 Å². The fourth-order valence-electron chi connectivity index (χ4n) is 3.60. The topological polar surface area (TPSA) is 69.9 Å². The summed E-state index contributed by atoms with van der Waals surface area (Å²) < 4.78 is 26.0. The molecule has 1 aliphatic rings. The first kappa shape index (κ1) is 21.7. The molecule has 0 unspecified atom stereocenters. The third-order valence-corrected chi connectivity index (χ3v) is 6.10. The van der Waals surface area contributed by atoms with Gasteiger partial charge in [-0.15, -0.1) is 0 Å². The molecule has 1 aliphatic heterocycles. The van der Waals surface area contributed by atoms with Crippen LogP contribution < -0.4 is 19.6 Å². The molecule has 1 aromatic heterocycles. The van der Waals surface area contributed by atoms with Gasteiger partial charge >= 0.3 is 5.97 Å². The zero-order valence-electron chi connectivity index (χ0n) is 17.8. The van der Waals surface area contributed by atoms with E-state index >= 15 is 0 Å². The Morgan fingerprint density at radius 2 is 1.88 bits per heavy atom. The third-order valence-electron chi connectivity index (χ3n) is 5.12. The number of hydrogen-bond acceptors (Lipinski definition) is 6. The largest absolute Gasteiger partial charge is 0.497 e. The standard InChI is InChI=1S/C24H21FN2O4S/c1-4-31-23(29)20-14(2)26-24-27(21(20)16-7-9-17(25)10-8-16)22(28)19(32-24)13-15-5-11-18(30-3)12-6-15/h5-13,21H,4H2,1-3H3/b19-13+/t21-/m1/s1. The van der Waals surface area contributed by atoms with E-state index in [0.29, 0.717) is 20.6 Å². The number of hydrogen-bond donors (Lipinski definition) is 0. The molecule has 32 heavy (non-hydrogen) atoms. The van der Waals surface area contributed by atoms with Crippen molar-refractivity contribution in [3.05, 3.63) is 96.4 Å². The average Bonchev–Trinajstić information content (AvgIpc) is 3.08. The molecular formula is C24H21FN2O4S. The number of allylic oxidation sites excluding steroid dienone is 1. The van der Waals surface area contributed by atoms with E-state index in [1.54, 1.807) is 39.2 Å². The lowest BCUT2D eigenvalue weighted by Gasteiger charge is -2.24. The van der Waals surface area contributed by atoms with E-state index < -0.39 is 17.8 Å². The summed E-state index contributed by atoms with van der Waals surface area (Å²) in [6.07, 6.45) is 1.77. The molecule has 6 nitrogen and oxygen atoms in total. The zero-order chi connectivity index (χ0) is 22.8. The number of methoxy groups -OCH3 is 1. The second kappa shape index (κ2) is 8.92. The molecule has 1 atom stereocenters. The summed E-state index contributed by atoms with van der Waals surface area (Å²) in [5.74, 6) is -0.235. The summed E-state index contributed by atoms with van der Waals surface area (Å²) >= 11 is 1.24. The van der Waals surface area contributed by atoms with E-state index in [1.807, 2.05) is 24.3 Å². The van der Waals surface area contributed by atoms with Crippen LogP contribution in [0.25, 0.3) is 6.08 Å². The van der Waals surface area contributed by atoms with Gasteiger partial charge in [0.15, 0.2) is 4.80 Å². The summed E-state index contributed by atoms with van der Waals surface area (Å²) in [5, 5.41) is 0. The van der Waals surface area contributed by atoms with Crippen LogP contribution >= 0.6 is 11.3 Å². The number of carbonyl (C=O) groups excluding carboxylic acids is 1. The lowest BCUT2D eigenvalue weighted by atomic mass is 9.96. The number of esters is 1. The molecule has 0 saturated heterocycles. The SMILES string of the molecule is CCOC(=O)C1=C(C)N=c2s/c(=C/c3ccc(OC)cc3)c(=O)n2[C@@H]1c1ccc(F)cc1. The average molecular weight is 453 g/mol. The van der Waals surface area contributed by atoms with E-state index in [4.69, 9.17) is 9.47 Å². The Balaban J connectivity index is 1.92. The quantitative estimate of drug-likeness (QED) is 0.558. The number of fused-ring (bicyclic) bond motifs is 1. The minimum Gasteiger partial charge on any atom is -0.497 e. The summed E-state index contributed by atoms with van der Waals surface area (Å²) in [7, 11) is 1.59. The first-order chi connectivity index (χ1) is 15.4. The van der Waals surface area contributed by atoms with Crippen molar-refractivity contribution in [3.8, 4) is 5.75 Å². The van der Waals surface area contributed by atoms with Crippen molar-refractivity contribution in [2.45, 2.75) is 19.9 Å². The monoisotopic (exact) mass is 452 g/mol. The smallest absolute Gasteiger partial charge is 0.338 e. The van der Waals surface area contributed by atoms with Crippen LogP contribution in [0.4, 0.5) is 4.39 Å². The Labute approximate surface area is 187 Å². The number of thiazole rings is 1. The number of aromatic nitrogens is 1. The second-order valence-corrected chi connectivity index (χ2v) is 8.14. The predicted octanol–water partition coefficient (Wildman–Crippen LogP) is 2.95. The normalized spacial score (nSPS) is 15.9. The highest BCUT2D eigenvalue weighted by Crippen LogP contribution is 2.30. The van der Waals surface area contributed by atoms with Crippen LogP contribution in [0.15, 0.2) is 69.6 Å². The summed E-state index contributed by atoms with van der Waals surface area (Å²) in [5.41, 5.74) is 1.88. The highest BCUT2D eigenvalue weighted by atomic mass is 32.1. The van der Waals surface area contributed by atoms with Crippen molar-refractivity contribution in [2.75, 3.05) is 13.7 Å². The Morgan fingerprint density at radius 3 is 2.50 bits per heavy atom. The van der Waals surface area contributed by atoms with Crippen molar-refractivity contribution in [3.63, 3.8) is 0 Å². The van der Waals surface area contributed by atoms with Crippen LogP contribution in [0.1, 0.15) is 31.0 Å². The Morgan fingerprint density at radius 1 is 1.19 bits per heavy atom. The molecule has 0 aliphatic carbocycles. The molecule has 3 aromatic rings. The molecule has 0 bridgehead atoms. The predicted molar refractivity (Wildman–Crippen MR) is 120 cm³/mol. The maximum absolute atomic E-state index is 13.6. The van der Waals surface area contributed by atoms with Crippen molar-refractivity contribution >= 4 is 23.4 Å². The lowest BCUT2D eigenvalue weighted by molar-refractivity contribution is -0.139. The van der Waals surface area contributed by atoms with Gasteiger partial charge in [-0.05, 0) is 55.3 Å². The number of carbonyl (C=O) groups is 1. The molecule has 0 N–H and O–H groups in total. The molecule has 0 radical (unpaired) electrons. The van der Waals surface area contributed by atoms with Gasteiger partial charge in [0.2, 0.25) is 0 Å². The summed E-state index contributed by atoms with van der Waals surface area (Å²) in [6, 6.07) is 12.3. The number of ether oxygens (including phenoxy) is 2. The molecule has 0 spiro atoms. The van der Waals surface area contributed by atoms with E-state index in [-0.39, 0.29) is 17.7 Å². The van der Waals surface area contributed by atoms with Crippen molar-refractivity contribution in [1.82, 2.24) is 4.57 Å². The molecule has 0 saturated carbocycles. The lowest BCUT2D eigenvalue weighted by Crippen LogP contribution is -2.39. The van der Waals surface area contributed by atoms with Gasteiger partial charge in [-0.25, -0.2) is 14.2 Å². The van der Waals surface area contributed by atoms with E-state index in [2.05, 4.69) is 4.99 Å². The van der Waals surface area contributed by atoms with Crippen LogP contribution in [0, 0.1) is 5.82 Å². The first-order valence-electron chi connectivity index (χ1n) is 10.0. The first-order valence-corrected chi connectivity index (χ1v) is 10.8. The number of nitrogens with zero attached hydrogens (tertiary/aromatic N) is 2. The fraction of sp³-hybridized carbons (Fsp3) is 0.208. The fourth-order valence-corrected chi connectivity index (χ4v) is 4.65.